The van der Waals surface area contributed by atoms with Crippen LogP contribution in [0.4, 0.5) is 10.2 Å². The number of anilines is 1. The van der Waals surface area contributed by atoms with E-state index < -0.39 is 5.82 Å². The number of aromatic nitrogens is 3. The molecule has 11 heteroatoms. The Morgan fingerprint density at radius 1 is 1.15 bits per heavy atom. The van der Waals surface area contributed by atoms with Crippen molar-refractivity contribution >= 4 is 27.5 Å². The van der Waals surface area contributed by atoms with Crippen LogP contribution in [0.2, 0.25) is 0 Å². The molecule has 10 nitrogen and oxygen atoms in total. The molecule has 238 valence electrons. The minimum Gasteiger partial charge on any atom is -0.468 e. The Morgan fingerprint density at radius 2 is 2.00 bits per heavy atom. The van der Waals surface area contributed by atoms with Gasteiger partial charge in [-0.3, -0.25) is 15.2 Å². The van der Waals surface area contributed by atoms with Crippen LogP contribution in [0.5, 0.6) is 11.8 Å². The highest BCUT2D eigenvalue weighted by Crippen LogP contribution is 2.41. The second kappa shape index (κ2) is 11.8. The lowest BCUT2D eigenvalue weighted by atomic mass is 9.95. The van der Waals surface area contributed by atoms with E-state index in [-0.39, 0.29) is 41.6 Å². The van der Waals surface area contributed by atoms with Crippen molar-refractivity contribution in [3.05, 3.63) is 59.6 Å². The fraction of sp³-hybridized carbons (Fsp3) is 0.389. The lowest BCUT2D eigenvalue weighted by molar-refractivity contribution is 0.0512. The number of rotatable bonds is 8. The van der Waals surface area contributed by atoms with Crippen LogP contribution in [0.3, 0.4) is 0 Å². The maximum absolute atomic E-state index is 17.0. The van der Waals surface area contributed by atoms with Crippen LogP contribution in [0, 0.1) is 29.5 Å². The molecule has 47 heavy (non-hydrogen) atoms. The number of fused-ring (bicyclic) bond motifs is 5. The van der Waals surface area contributed by atoms with Gasteiger partial charge in [-0.2, -0.15) is 15.2 Å². The molecule has 2 bridgehead atoms. The maximum atomic E-state index is 17.0. The molecule has 2 aromatic heterocycles. The van der Waals surface area contributed by atoms with Crippen molar-refractivity contribution in [3.63, 3.8) is 0 Å². The van der Waals surface area contributed by atoms with Crippen molar-refractivity contribution < 1.29 is 18.6 Å². The predicted octanol–water partition coefficient (Wildman–Crippen LogP) is 4.57. The lowest BCUT2D eigenvalue weighted by Crippen LogP contribution is -2.52. The van der Waals surface area contributed by atoms with Gasteiger partial charge < -0.3 is 19.1 Å². The summed E-state index contributed by atoms with van der Waals surface area (Å²) in [6.45, 7) is 3.66. The predicted molar refractivity (Wildman–Crippen MR) is 176 cm³/mol. The van der Waals surface area contributed by atoms with E-state index in [0.717, 1.165) is 44.2 Å². The third-order valence-electron chi connectivity index (χ3n) is 10.0. The molecule has 4 aromatic rings. The number of halogens is 1. The maximum Gasteiger partial charge on any atom is 0.319 e. The van der Waals surface area contributed by atoms with Gasteiger partial charge in [0.1, 0.15) is 29.4 Å². The van der Waals surface area contributed by atoms with E-state index in [1.807, 2.05) is 30.3 Å². The molecule has 0 spiro atoms. The molecular weight excluding hydrogens is 597 g/mol. The van der Waals surface area contributed by atoms with Crippen LogP contribution >= 0.6 is 0 Å². The van der Waals surface area contributed by atoms with Crippen LogP contribution in [0.15, 0.2) is 48.2 Å². The molecule has 3 saturated heterocycles. The minimum atomic E-state index is -0.608. The molecule has 0 amide bonds. The Hall–Kier alpha value is -4.81. The Labute approximate surface area is 272 Å². The number of methoxy groups -OCH3 is 1. The molecule has 8 rings (SSSR count). The molecular formula is C36H34FN7O3. The highest BCUT2D eigenvalue weighted by molar-refractivity contribution is 6.03. The standard InChI is InChI=1S/C36H34FN7O3/c1-3-22-7-4-8-23-14-26(47-21-45-2)15-27(30(22)23)32-31(37)33-28(17-39-32)34(43-18-25-13-24(16-38)29(19-43)40-25)42-35(41-33)46-20-36-9-5-11-44(36)12-6-10-36/h1,4,7-8,13-15,17,25,29,40H,5-6,9-12,18-21H2,2H3. The molecule has 1 N–H and O–H groups in total. The first-order chi connectivity index (χ1) is 23.0. The summed E-state index contributed by atoms with van der Waals surface area (Å²) in [4.78, 5) is 18.8. The molecule has 3 fully saturated rings. The quantitative estimate of drug-likeness (QED) is 0.220. The Kier molecular flexibility index (Phi) is 7.41. The second-order valence-corrected chi connectivity index (χ2v) is 12.8. The van der Waals surface area contributed by atoms with Crippen molar-refractivity contribution in [2.24, 2.45) is 0 Å². The molecule has 4 aliphatic heterocycles. The van der Waals surface area contributed by atoms with E-state index >= 15 is 4.39 Å². The van der Waals surface area contributed by atoms with E-state index in [2.05, 4.69) is 32.1 Å². The molecule has 0 radical (unpaired) electrons. The Balaban J connectivity index is 1.27. The number of piperazine rings is 1. The number of terminal acetylenes is 1. The SMILES string of the molecule is C#Cc1cccc2cc(OCOC)cc(-c3ncc4c(N5CC6C=C(C#N)C(C5)N6)nc(OCC56CCCN5CCC6)nc4c3F)c12. The zero-order chi connectivity index (χ0) is 32.1. The summed E-state index contributed by atoms with van der Waals surface area (Å²) in [7, 11) is 1.54. The van der Waals surface area contributed by atoms with Gasteiger partial charge in [-0.1, -0.05) is 24.1 Å². The number of ether oxygens (including phenoxy) is 3. The molecule has 2 aromatic carbocycles. The largest absolute Gasteiger partial charge is 0.468 e. The van der Waals surface area contributed by atoms with Gasteiger partial charge in [0, 0.05) is 54.5 Å². The summed E-state index contributed by atoms with van der Waals surface area (Å²) in [6, 6.07) is 11.4. The summed E-state index contributed by atoms with van der Waals surface area (Å²) in [6.07, 6.45) is 13.9. The van der Waals surface area contributed by atoms with Crippen LogP contribution < -0.4 is 19.7 Å². The van der Waals surface area contributed by atoms with Crippen LogP contribution in [-0.4, -0.2) is 84.2 Å². The van der Waals surface area contributed by atoms with Crippen LogP contribution in [-0.2, 0) is 4.74 Å². The number of nitriles is 1. The van der Waals surface area contributed by atoms with Gasteiger partial charge in [-0.15, -0.1) is 6.42 Å². The molecule has 4 aliphatic rings. The summed E-state index contributed by atoms with van der Waals surface area (Å²) in [5.41, 5.74) is 1.96. The van der Waals surface area contributed by atoms with Gasteiger partial charge >= 0.3 is 6.01 Å². The van der Waals surface area contributed by atoms with Crippen LogP contribution in [0.25, 0.3) is 32.9 Å². The Morgan fingerprint density at radius 3 is 2.79 bits per heavy atom. The molecule has 6 heterocycles. The summed E-state index contributed by atoms with van der Waals surface area (Å²) >= 11 is 0. The average molecular weight is 632 g/mol. The van der Waals surface area contributed by atoms with Crippen molar-refractivity contribution in [1.82, 2.24) is 25.2 Å². The topological polar surface area (TPSA) is 109 Å². The zero-order valence-corrected chi connectivity index (χ0v) is 26.1. The molecule has 2 atom stereocenters. The number of pyridine rings is 1. The molecule has 0 saturated carbocycles. The summed E-state index contributed by atoms with van der Waals surface area (Å²) in [5, 5.41) is 15.1. The highest BCUT2D eigenvalue weighted by atomic mass is 19.1. The monoisotopic (exact) mass is 631 g/mol. The van der Waals surface area contributed by atoms with E-state index in [9.17, 15) is 5.26 Å². The van der Waals surface area contributed by atoms with Crippen molar-refractivity contribution in [2.75, 3.05) is 51.6 Å². The first-order valence-corrected chi connectivity index (χ1v) is 16.0. The van der Waals surface area contributed by atoms with E-state index in [1.54, 1.807) is 12.3 Å². The van der Waals surface area contributed by atoms with Gasteiger partial charge in [-0.05, 0) is 62.4 Å². The van der Waals surface area contributed by atoms with Crippen molar-refractivity contribution in [3.8, 4) is 41.4 Å². The van der Waals surface area contributed by atoms with Crippen molar-refractivity contribution in [2.45, 2.75) is 43.3 Å². The third-order valence-corrected chi connectivity index (χ3v) is 10.0. The third kappa shape index (κ3) is 5.03. The van der Waals surface area contributed by atoms with Crippen LogP contribution in [0.1, 0.15) is 31.2 Å². The number of nitrogens with one attached hydrogen (secondary N) is 1. The number of hydrogen-bond donors (Lipinski definition) is 1. The highest BCUT2D eigenvalue weighted by Gasteiger charge is 2.45. The Bertz CT molecular complexity index is 2010. The zero-order valence-electron chi connectivity index (χ0n) is 26.1. The number of nitrogens with zero attached hydrogens (tertiary/aromatic N) is 6. The molecule has 0 aliphatic carbocycles. The van der Waals surface area contributed by atoms with E-state index in [0.29, 0.717) is 58.7 Å². The fourth-order valence-corrected chi connectivity index (χ4v) is 7.90. The van der Waals surface area contributed by atoms with E-state index in [4.69, 9.17) is 30.6 Å². The first-order valence-electron chi connectivity index (χ1n) is 16.0. The van der Waals surface area contributed by atoms with Crippen molar-refractivity contribution in [1.29, 1.82) is 5.26 Å². The summed E-state index contributed by atoms with van der Waals surface area (Å²) < 4.78 is 34.4. The average Bonchev–Trinajstić information content (AvgIpc) is 3.77. The normalized spacial score (nSPS) is 21.4. The number of benzene rings is 2. The van der Waals surface area contributed by atoms with Gasteiger partial charge in [-0.25, -0.2) is 4.39 Å². The summed E-state index contributed by atoms with van der Waals surface area (Å²) in [5.74, 6) is 3.16. The lowest BCUT2D eigenvalue weighted by Gasteiger charge is -2.35. The molecule has 2 unspecified atom stereocenters. The minimum absolute atomic E-state index is 0.0253. The number of hydrogen-bond acceptors (Lipinski definition) is 10. The smallest absolute Gasteiger partial charge is 0.319 e. The van der Waals surface area contributed by atoms with Gasteiger partial charge in [0.15, 0.2) is 12.6 Å². The fourth-order valence-electron chi connectivity index (χ4n) is 7.90. The second-order valence-electron chi connectivity index (χ2n) is 12.8. The van der Waals surface area contributed by atoms with Gasteiger partial charge in [0.05, 0.1) is 23.0 Å². The van der Waals surface area contributed by atoms with Gasteiger partial charge in [0.2, 0.25) is 0 Å². The first kappa shape index (κ1) is 29.6. The van der Waals surface area contributed by atoms with E-state index in [1.165, 1.54) is 7.11 Å². The van der Waals surface area contributed by atoms with Gasteiger partial charge in [0.25, 0.3) is 0 Å².